The first-order chi connectivity index (χ1) is 7.63. The van der Waals surface area contributed by atoms with E-state index >= 15 is 0 Å². The molecule has 1 N–H and O–H groups in total. The molecule has 0 unspecified atom stereocenters. The summed E-state index contributed by atoms with van der Waals surface area (Å²) in [6.07, 6.45) is 1.42. The number of H-pyrrole nitrogens is 1. The number of aromatic amines is 1. The second-order valence-corrected chi connectivity index (χ2v) is 4.39. The van der Waals surface area contributed by atoms with Crippen molar-refractivity contribution in [2.75, 3.05) is 0 Å². The van der Waals surface area contributed by atoms with Crippen LogP contribution in [0.2, 0.25) is 0 Å². The van der Waals surface area contributed by atoms with E-state index in [9.17, 15) is 0 Å². The molecule has 2 nitrogen and oxygen atoms in total. The molecule has 0 atom stereocenters. The van der Waals surface area contributed by atoms with Crippen LogP contribution in [0.3, 0.4) is 0 Å². The van der Waals surface area contributed by atoms with Crippen LogP contribution in [0.1, 0.15) is 28.8 Å². The molecule has 0 aliphatic heterocycles. The van der Waals surface area contributed by atoms with E-state index in [0.29, 0.717) is 6.42 Å². The number of hydrogen-bond acceptors (Lipinski definition) is 1. The van der Waals surface area contributed by atoms with Crippen LogP contribution in [0.25, 0.3) is 10.9 Å². The predicted octanol–water partition coefficient (Wildman–Crippen LogP) is 3.55. The molecule has 0 amide bonds. The molecule has 1 aromatic carbocycles. The first-order valence-electron chi connectivity index (χ1n) is 5.59. The predicted molar refractivity (Wildman–Crippen MR) is 66.4 cm³/mol. The Morgan fingerprint density at radius 1 is 1.25 bits per heavy atom. The number of benzene rings is 1. The van der Waals surface area contributed by atoms with Crippen molar-refractivity contribution in [3.05, 3.63) is 34.5 Å². The van der Waals surface area contributed by atoms with Gasteiger partial charge in [0, 0.05) is 23.0 Å². The topological polar surface area (TPSA) is 39.6 Å². The fourth-order valence-electron chi connectivity index (χ4n) is 2.34. The number of nitrogens with zero attached hydrogens (tertiary/aromatic N) is 1. The van der Waals surface area contributed by atoms with Gasteiger partial charge in [-0.25, -0.2) is 0 Å². The van der Waals surface area contributed by atoms with E-state index in [1.165, 1.54) is 33.3 Å². The molecule has 82 valence electrons. The lowest BCUT2D eigenvalue weighted by Crippen LogP contribution is -1.85. The van der Waals surface area contributed by atoms with Gasteiger partial charge in [0.05, 0.1) is 6.07 Å². The normalized spacial score (nSPS) is 10.6. The van der Waals surface area contributed by atoms with Crippen molar-refractivity contribution in [2.45, 2.75) is 33.6 Å². The van der Waals surface area contributed by atoms with Crippen molar-refractivity contribution in [1.29, 1.82) is 5.26 Å². The Morgan fingerprint density at radius 2 is 2.00 bits per heavy atom. The minimum absolute atomic E-state index is 0.584. The van der Waals surface area contributed by atoms with Crippen LogP contribution in [-0.4, -0.2) is 4.98 Å². The van der Waals surface area contributed by atoms with Gasteiger partial charge in [-0.15, -0.1) is 0 Å². The monoisotopic (exact) mass is 212 g/mol. The quantitative estimate of drug-likeness (QED) is 0.812. The minimum Gasteiger partial charge on any atom is -0.358 e. The Morgan fingerprint density at radius 3 is 2.69 bits per heavy atom. The van der Waals surface area contributed by atoms with E-state index in [2.05, 4.69) is 44.0 Å². The van der Waals surface area contributed by atoms with Crippen molar-refractivity contribution in [2.24, 2.45) is 0 Å². The average Bonchev–Trinajstić information content (AvgIpc) is 2.53. The SMILES string of the molecule is Cc1cc(C)c2[nH]c(C)c(CCC#N)c2c1. The molecule has 1 heterocycles. The molecular weight excluding hydrogens is 196 g/mol. The summed E-state index contributed by atoms with van der Waals surface area (Å²) >= 11 is 0. The highest BCUT2D eigenvalue weighted by Crippen LogP contribution is 2.27. The third kappa shape index (κ3) is 1.69. The molecular formula is C14H16N2. The molecule has 0 saturated heterocycles. The van der Waals surface area contributed by atoms with Gasteiger partial charge in [0.15, 0.2) is 0 Å². The summed E-state index contributed by atoms with van der Waals surface area (Å²) < 4.78 is 0. The molecule has 0 aliphatic carbocycles. The van der Waals surface area contributed by atoms with E-state index in [1.54, 1.807) is 0 Å². The Hall–Kier alpha value is -1.75. The molecule has 0 radical (unpaired) electrons. The Bertz CT molecular complexity index is 570. The second-order valence-electron chi connectivity index (χ2n) is 4.39. The highest BCUT2D eigenvalue weighted by molar-refractivity contribution is 5.88. The highest BCUT2D eigenvalue weighted by Gasteiger charge is 2.10. The number of fused-ring (bicyclic) bond motifs is 1. The summed E-state index contributed by atoms with van der Waals surface area (Å²) in [6.45, 7) is 6.32. The van der Waals surface area contributed by atoms with Crippen LogP contribution in [0.15, 0.2) is 12.1 Å². The van der Waals surface area contributed by atoms with E-state index < -0.39 is 0 Å². The van der Waals surface area contributed by atoms with Gasteiger partial charge in [0.1, 0.15) is 0 Å². The number of nitrogens with one attached hydrogen (secondary N) is 1. The summed E-state index contributed by atoms with van der Waals surface area (Å²) in [4.78, 5) is 3.42. The summed E-state index contributed by atoms with van der Waals surface area (Å²) in [7, 11) is 0. The van der Waals surface area contributed by atoms with Crippen molar-refractivity contribution < 1.29 is 0 Å². The van der Waals surface area contributed by atoms with E-state index in [1.807, 2.05) is 0 Å². The number of rotatable bonds is 2. The molecule has 1 aromatic heterocycles. The lowest BCUT2D eigenvalue weighted by atomic mass is 10.0. The molecule has 0 bridgehead atoms. The molecule has 2 aromatic rings. The highest BCUT2D eigenvalue weighted by atomic mass is 14.7. The Labute approximate surface area is 95.9 Å². The molecule has 2 rings (SSSR count). The molecule has 2 heteroatoms. The van der Waals surface area contributed by atoms with Gasteiger partial charge in [-0.3, -0.25) is 0 Å². The van der Waals surface area contributed by atoms with E-state index in [4.69, 9.17) is 5.26 Å². The Balaban J connectivity index is 2.64. The zero-order valence-electron chi connectivity index (χ0n) is 10.0. The summed E-state index contributed by atoms with van der Waals surface area (Å²) in [5.74, 6) is 0. The number of nitriles is 1. The van der Waals surface area contributed by atoms with Crippen LogP contribution in [0, 0.1) is 32.1 Å². The first-order valence-corrected chi connectivity index (χ1v) is 5.59. The van der Waals surface area contributed by atoms with Crippen molar-refractivity contribution in [3.8, 4) is 6.07 Å². The maximum Gasteiger partial charge on any atom is 0.0625 e. The third-order valence-corrected chi connectivity index (χ3v) is 3.06. The van der Waals surface area contributed by atoms with Gasteiger partial charge < -0.3 is 4.98 Å². The van der Waals surface area contributed by atoms with E-state index in [-0.39, 0.29) is 0 Å². The zero-order chi connectivity index (χ0) is 11.7. The number of hydrogen-bond donors (Lipinski definition) is 1. The van der Waals surface area contributed by atoms with Crippen molar-refractivity contribution >= 4 is 10.9 Å². The first kappa shape index (κ1) is 10.8. The summed E-state index contributed by atoms with van der Waals surface area (Å²) in [5.41, 5.74) is 6.27. The molecule has 0 fully saturated rings. The van der Waals surface area contributed by atoms with Crippen molar-refractivity contribution in [3.63, 3.8) is 0 Å². The molecule has 16 heavy (non-hydrogen) atoms. The largest absolute Gasteiger partial charge is 0.358 e. The fraction of sp³-hybridized carbons (Fsp3) is 0.357. The van der Waals surface area contributed by atoms with Gasteiger partial charge in [0.25, 0.3) is 0 Å². The standard InChI is InChI=1S/C14H16N2/c1-9-7-10(2)14-13(8-9)12(5-4-6-15)11(3)16-14/h7-8,16H,4-5H2,1-3H3. The van der Waals surface area contributed by atoms with Crippen LogP contribution in [-0.2, 0) is 6.42 Å². The van der Waals surface area contributed by atoms with Gasteiger partial charge in [-0.05, 0) is 44.4 Å². The molecule has 0 spiro atoms. The number of aromatic nitrogens is 1. The smallest absolute Gasteiger partial charge is 0.0625 e. The lowest BCUT2D eigenvalue weighted by Gasteiger charge is -2.01. The fourth-order valence-corrected chi connectivity index (χ4v) is 2.34. The number of aryl methyl sites for hydroxylation is 4. The van der Waals surface area contributed by atoms with Crippen LogP contribution < -0.4 is 0 Å². The average molecular weight is 212 g/mol. The van der Waals surface area contributed by atoms with Gasteiger partial charge in [0.2, 0.25) is 0 Å². The second kappa shape index (κ2) is 4.02. The summed E-state index contributed by atoms with van der Waals surface area (Å²) in [5, 5.41) is 9.96. The van der Waals surface area contributed by atoms with Crippen molar-refractivity contribution in [1.82, 2.24) is 4.98 Å². The maximum atomic E-state index is 8.68. The van der Waals surface area contributed by atoms with Crippen LogP contribution in [0.4, 0.5) is 0 Å². The van der Waals surface area contributed by atoms with E-state index in [0.717, 1.165) is 6.42 Å². The summed E-state index contributed by atoms with van der Waals surface area (Å²) in [6, 6.07) is 6.61. The van der Waals surface area contributed by atoms with Crippen LogP contribution in [0.5, 0.6) is 0 Å². The minimum atomic E-state index is 0.584. The third-order valence-electron chi connectivity index (χ3n) is 3.06. The van der Waals surface area contributed by atoms with Gasteiger partial charge in [-0.2, -0.15) is 5.26 Å². The molecule has 0 saturated carbocycles. The maximum absolute atomic E-state index is 8.68. The zero-order valence-corrected chi connectivity index (χ0v) is 10.0. The lowest BCUT2D eigenvalue weighted by molar-refractivity contribution is 1.00. The van der Waals surface area contributed by atoms with Gasteiger partial charge in [-0.1, -0.05) is 11.6 Å². The Kier molecular flexibility index (Phi) is 2.70. The molecule has 0 aliphatic rings. The van der Waals surface area contributed by atoms with Gasteiger partial charge >= 0.3 is 0 Å². The van der Waals surface area contributed by atoms with Crippen LogP contribution >= 0.6 is 0 Å².